The molecule has 84 valence electrons. The first kappa shape index (κ1) is 10.6. The molecule has 0 aliphatic carbocycles. The molecule has 1 aliphatic rings. The average Bonchev–Trinajstić information content (AvgIpc) is 2.66. The molecule has 1 aromatic rings. The maximum absolute atomic E-state index is 10.1. The maximum atomic E-state index is 10.1. The van der Waals surface area contributed by atoms with Crippen molar-refractivity contribution >= 4 is 0 Å². The maximum Gasteiger partial charge on any atom is 0.110 e. The SMILES string of the molecule is Cn1ccnc1CC(O)C1CCCNC1. The molecule has 2 N–H and O–H groups in total. The Bertz CT molecular complexity index is 305. The van der Waals surface area contributed by atoms with E-state index in [2.05, 4.69) is 10.3 Å². The molecule has 2 rings (SSSR count). The van der Waals surface area contributed by atoms with Crippen molar-refractivity contribution in [3.05, 3.63) is 18.2 Å². The number of aliphatic hydroxyl groups excluding tert-OH is 1. The molecule has 0 amide bonds. The van der Waals surface area contributed by atoms with Gasteiger partial charge in [0.2, 0.25) is 0 Å². The number of aryl methyl sites for hydroxylation is 1. The van der Waals surface area contributed by atoms with E-state index >= 15 is 0 Å². The Labute approximate surface area is 90.3 Å². The lowest BCUT2D eigenvalue weighted by molar-refractivity contribution is 0.0898. The summed E-state index contributed by atoms with van der Waals surface area (Å²) in [5, 5.41) is 13.4. The predicted molar refractivity (Wildman–Crippen MR) is 58.5 cm³/mol. The molecule has 2 heterocycles. The van der Waals surface area contributed by atoms with Crippen LogP contribution in [0.2, 0.25) is 0 Å². The first-order chi connectivity index (χ1) is 7.27. The van der Waals surface area contributed by atoms with Crippen molar-refractivity contribution < 1.29 is 5.11 Å². The lowest BCUT2D eigenvalue weighted by Gasteiger charge is -2.27. The van der Waals surface area contributed by atoms with Gasteiger partial charge in [-0.1, -0.05) is 0 Å². The van der Waals surface area contributed by atoms with Crippen LogP contribution in [0.15, 0.2) is 12.4 Å². The van der Waals surface area contributed by atoms with Crippen molar-refractivity contribution in [1.82, 2.24) is 14.9 Å². The Kier molecular flexibility index (Phi) is 3.38. The number of aromatic nitrogens is 2. The second-order valence-corrected chi connectivity index (χ2v) is 4.33. The molecule has 1 aliphatic heterocycles. The molecule has 4 heteroatoms. The molecule has 1 aromatic heterocycles. The molecule has 1 fully saturated rings. The van der Waals surface area contributed by atoms with Gasteiger partial charge < -0.3 is 15.0 Å². The molecule has 2 atom stereocenters. The van der Waals surface area contributed by atoms with Crippen LogP contribution in [0.3, 0.4) is 0 Å². The summed E-state index contributed by atoms with van der Waals surface area (Å²) in [6.07, 6.45) is 6.39. The van der Waals surface area contributed by atoms with E-state index in [0.717, 1.165) is 25.3 Å². The Morgan fingerprint density at radius 3 is 3.20 bits per heavy atom. The van der Waals surface area contributed by atoms with E-state index in [1.165, 1.54) is 6.42 Å². The molecule has 0 radical (unpaired) electrons. The first-order valence-corrected chi connectivity index (χ1v) is 5.62. The number of imidazole rings is 1. The number of aliphatic hydroxyl groups is 1. The van der Waals surface area contributed by atoms with Gasteiger partial charge in [-0.3, -0.25) is 0 Å². The lowest BCUT2D eigenvalue weighted by atomic mass is 9.92. The highest BCUT2D eigenvalue weighted by Gasteiger charge is 2.22. The van der Waals surface area contributed by atoms with E-state index in [4.69, 9.17) is 0 Å². The van der Waals surface area contributed by atoms with Gasteiger partial charge in [0.05, 0.1) is 6.10 Å². The van der Waals surface area contributed by atoms with Crippen molar-refractivity contribution in [2.75, 3.05) is 13.1 Å². The van der Waals surface area contributed by atoms with E-state index in [1.54, 1.807) is 6.20 Å². The van der Waals surface area contributed by atoms with Gasteiger partial charge in [0.25, 0.3) is 0 Å². The third-order valence-corrected chi connectivity index (χ3v) is 3.19. The van der Waals surface area contributed by atoms with Crippen LogP contribution in [0, 0.1) is 5.92 Å². The third-order valence-electron chi connectivity index (χ3n) is 3.19. The summed E-state index contributed by atoms with van der Waals surface area (Å²) in [5.74, 6) is 1.35. The quantitative estimate of drug-likeness (QED) is 0.754. The topological polar surface area (TPSA) is 50.1 Å². The monoisotopic (exact) mass is 209 g/mol. The third kappa shape index (κ3) is 2.58. The van der Waals surface area contributed by atoms with Gasteiger partial charge in [-0.15, -0.1) is 0 Å². The van der Waals surface area contributed by atoms with Crippen LogP contribution in [-0.2, 0) is 13.5 Å². The lowest BCUT2D eigenvalue weighted by Crippen LogP contribution is -2.37. The summed E-state index contributed by atoms with van der Waals surface area (Å²) in [4.78, 5) is 4.23. The summed E-state index contributed by atoms with van der Waals surface area (Å²) in [6, 6.07) is 0. The fraction of sp³-hybridized carbons (Fsp3) is 0.727. The minimum Gasteiger partial charge on any atom is -0.392 e. The summed E-state index contributed by atoms with van der Waals surface area (Å²) in [5.41, 5.74) is 0. The second-order valence-electron chi connectivity index (χ2n) is 4.33. The summed E-state index contributed by atoms with van der Waals surface area (Å²) in [7, 11) is 1.97. The van der Waals surface area contributed by atoms with Crippen LogP contribution in [0.4, 0.5) is 0 Å². The highest BCUT2D eigenvalue weighted by molar-refractivity contribution is 4.94. The minimum atomic E-state index is -0.265. The fourth-order valence-corrected chi connectivity index (χ4v) is 2.15. The molecule has 0 saturated carbocycles. The minimum absolute atomic E-state index is 0.265. The number of nitrogens with one attached hydrogen (secondary N) is 1. The molecular formula is C11H19N3O. The van der Waals surface area contributed by atoms with Crippen LogP contribution in [0.1, 0.15) is 18.7 Å². The van der Waals surface area contributed by atoms with Crippen molar-refractivity contribution in [1.29, 1.82) is 0 Å². The average molecular weight is 209 g/mol. The van der Waals surface area contributed by atoms with Crippen molar-refractivity contribution in [3.8, 4) is 0 Å². The Hall–Kier alpha value is -0.870. The zero-order valence-electron chi connectivity index (χ0n) is 9.19. The zero-order valence-corrected chi connectivity index (χ0v) is 9.19. The van der Waals surface area contributed by atoms with E-state index in [-0.39, 0.29) is 6.10 Å². The van der Waals surface area contributed by atoms with Gasteiger partial charge in [0, 0.05) is 32.4 Å². The highest BCUT2D eigenvalue weighted by Crippen LogP contribution is 2.17. The van der Waals surface area contributed by atoms with Crippen LogP contribution in [0.25, 0.3) is 0 Å². The predicted octanol–water partition coefficient (Wildman–Crippen LogP) is 0.323. The van der Waals surface area contributed by atoms with Crippen LogP contribution in [0.5, 0.6) is 0 Å². The molecule has 2 unspecified atom stereocenters. The van der Waals surface area contributed by atoms with Gasteiger partial charge in [0.15, 0.2) is 0 Å². The number of piperidine rings is 1. The number of rotatable bonds is 3. The van der Waals surface area contributed by atoms with Crippen LogP contribution < -0.4 is 5.32 Å². The molecule has 0 spiro atoms. The fourth-order valence-electron chi connectivity index (χ4n) is 2.15. The highest BCUT2D eigenvalue weighted by atomic mass is 16.3. The molecule has 1 saturated heterocycles. The van der Waals surface area contributed by atoms with Crippen molar-refractivity contribution in [3.63, 3.8) is 0 Å². The molecular weight excluding hydrogens is 190 g/mol. The summed E-state index contributed by atoms with van der Waals surface area (Å²) < 4.78 is 1.97. The number of hydrogen-bond donors (Lipinski definition) is 2. The van der Waals surface area contributed by atoms with E-state index in [0.29, 0.717) is 12.3 Å². The van der Waals surface area contributed by atoms with E-state index in [9.17, 15) is 5.11 Å². The van der Waals surface area contributed by atoms with Crippen molar-refractivity contribution in [2.45, 2.75) is 25.4 Å². The molecule has 0 aromatic carbocycles. The van der Waals surface area contributed by atoms with Crippen LogP contribution >= 0.6 is 0 Å². The Morgan fingerprint density at radius 1 is 1.73 bits per heavy atom. The smallest absolute Gasteiger partial charge is 0.110 e. The molecule has 0 bridgehead atoms. The molecule has 15 heavy (non-hydrogen) atoms. The van der Waals surface area contributed by atoms with E-state index < -0.39 is 0 Å². The number of hydrogen-bond acceptors (Lipinski definition) is 3. The van der Waals surface area contributed by atoms with Crippen LogP contribution in [-0.4, -0.2) is 33.9 Å². The van der Waals surface area contributed by atoms with Crippen molar-refractivity contribution in [2.24, 2.45) is 13.0 Å². The largest absolute Gasteiger partial charge is 0.392 e. The summed E-state index contributed by atoms with van der Waals surface area (Å²) in [6.45, 7) is 2.03. The van der Waals surface area contributed by atoms with Gasteiger partial charge in [-0.05, 0) is 25.3 Å². The van der Waals surface area contributed by atoms with E-state index in [1.807, 2.05) is 17.8 Å². The van der Waals surface area contributed by atoms with Gasteiger partial charge in [-0.25, -0.2) is 4.98 Å². The Balaban J connectivity index is 1.91. The zero-order chi connectivity index (χ0) is 10.7. The Morgan fingerprint density at radius 2 is 2.60 bits per heavy atom. The summed E-state index contributed by atoms with van der Waals surface area (Å²) >= 11 is 0. The first-order valence-electron chi connectivity index (χ1n) is 5.62. The standard InChI is InChI=1S/C11H19N3O/c1-14-6-5-13-11(14)7-10(15)9-3-2-4-12-8-9/h5-6,9-10,12,15H,2-4,7-8H2,1H3. The van der Waals surface area contributed by atoms with Gasteiger partial charge in [0.1, 0.15) is 5.82 Å². The molecule has 4 nitrogen and oxygen atoms in total. The number of nitrogens with zero attached hydrogens (tertiary/aromatic N) is 2. The normalized spacial score (nSPS) is 24.0. The van der Waals surface area contributed by atoms with Gasteiger partial charge >= 0.3 is 0 Å². The van der Waals surface area contributed by atoms with Gasteiger partial charge in [-0.2, -0.15) is 0 Å². The second kappa shape index (κ2) is 4.77.